The Morgan fingerprint density at radius 1 is 0.871 bits per heavy atom. The Kier molecular flexibility index (Phi) is 7.20. The molecule has 0 aromatic carbocycles. The highest BCUT2D eigenvalue weighted by Gasteiger charge is 2.65. The van der Waals surface area contributed by atoms with Gasteiger partial charge in [0, 0.05) is 0 Å². The van der Waals surface area contributed by atoms with Crippen molar-refractivity contribution < 1.29 is 9.53 Å². The van der Waals surface area contributed by atoms with Crippen LogP contribution in [0.2, 0.25) is 0 Å². The molecule has 2 saturated carbocycles. The SMILES string of the molecule is CCCC(CC)C(=O)OC1(C)CCC(C)(C2(C)CC(C)C(C)(C)CC2(C)C)C(C)(C)C1. The highest BCUT2D eigenvalue weighted by Crippen LogP contribution is 2.72. The normalized spacial score (nSPS) is 40.2. The Balaban J connectivity index is 2.32. The maximum atomic E-state index is 13.0. The van der Waals surface area contributed by atoms with Crippen LogP contribution >= 0.6 is 0 Å². The van der Waals surface area contributed by atoms with E-state index in [0.717, 1.165) is 38.5 Å². The Morgan fingerprint density at radius 2 is 1.42 bits per heavy atom. The lowest BCUT2D eigenvalue weighted by molar-refractivity contribution is -0.224. The average molecular weight is 435 g/mol. The van der Waals surface area contributed by atoms with Crippen LogP contribution in [0.3, 0.4) is 0 Å². The van der Waals surface area contributed by atoms with Gasteiger partial charge in [0.25, 0.3) is 0 Å². The second-order valence-corrected chi connectivity index (χ2v) is 14.1. The lowest BCUT2D eigenvalue weighted by atomic mass is 9.36. The number of esters is 1. The van der Waals surface area contributed by atoms with Crippen molar-refractivity contribution in [2.75, 3.05) is 0 Å². The van der Waals surface area contributed by atoms with Crippen LogP contribution in [0.25, 0.3) is 0 Å². The van der Waals surface area contributed by atoms with E-state index in [0.29, 0.717) is 11.3 Å². The van der Waals surface area contributed by atoms with Gasteiger partial charge in [0.2, 0.25) is 0 Å². The van der Waals surface area contributed by atoms with E-state index in [1.807, 2.05) is 0 Å². The third-order valence-electron chi connectivity index (χ3n) is 10.9. The summed E-state index contributed by atoms with van der Waals surface area (Å²) in [6.45, 7) is 29.0. The molecule has 31 heavy (non-hydrogen) atoms. The van der Waals surface area contributed by atoms with Crippen molar-refractivity contribution in [3.05, 3.63) is 0 Å². The molecule has 0 heterocycles. The Morgan fingerprint density at radius 3 is 1.90 bits per heavy atom. The predicted octanol–water partition coefficient (Wildman–Crippen LogP) is 8.82. The van der Waals surface area contributed by atoms with Gasteiger partial charge in [0.1, 0.15) is 5.60 Å². The summed E-state index contributed by atoms with van der Waals surface area (Å²) in [4.78, 5) is 13.0. The summed E-state index contributed by atoms with van der Waals surface area (Å²) in [6, 6.07) is 0. The van der Waals surface area contributed by atoms with Gasteiger partial charge in [-0.3, -0.25) is 4.79 Å². The van der Waals surface area contributed by atoms with Gasteiger partial charge in [-0.15, -0.1) is 0 Å². The molecule has 0 N–H and O–H groups in total. The fourth-order valence-electron chi connectivity index (χ4n) is 7.99. The summed E-state index contributed by atoms with van der Waals surface area (Å²) in [7, 11) is 0. The Hall–Kier alpha value is -0.530. The van der Waals surface area contributed by atoms with E-state index >= 15 is 0 Å². The lowest BCUT2D eigenvalue weighted by Gasteiger charge is -2.69. The van der Waals surface area contributed by atoms with E-state index < -0.39 is 0 Å². The molecule has 2 nitrogen and oxygen atoms in total. The highest BCUT2D eigenvalue weighted by atomic mass is 16.6. The van der Waals surface area contributed by atoms with Crippen LogP contribution < -0.4 is 0 Å². The fourth-order valence-corrected chi connectivity index (χ4v) is 7.99. The van der Waals surface area contributed by atoms with Gasteiger partial charge in [-0.1, -0.05) is 82.6 Å². The zero-order chi connectivity index (χ0) is 24.1. The number of carbonyl (C=O) groups is 1. The van der Waals surface area contributed by atoms with E-state index in [4.69, 9.17) is 4.74 Å². The van der Waals surface area contributed by atoms with Crippen LogP contribution in [-0.2, 0) is 9.53 Å². The van der Waals surface area contributed by atoms with Crippen LogP contribution in [0.15, 0.2) is 0 Å². The molecule has 0 spiro atoms. The maximum absolute atomic E-state index is 13.0. The highest BCUT2D eigenvalue weighted by molar-refractivity contribution is 5.72. The summed E-state index contributed by atoms with van der Waals surface area (Å²) in [5, 5.41) is 0. The number of hydrogen-bond acceptors (Lipinski definition) is 2. The minimum absolute atomic E-state index is 0.0332. The monoisotopic (exact) mass is 434 g/mol. The van der Waals surface area contributed by atoms with E-state index in [9.17, 15) is 4.79 Å². The zero-order valence-electron chi connectivity index (χ0n) is 23.1. The molecule has 2 heteroatoms. The standard InChI is InChI=1S/C29H54O2/c1-13-15-22(14-2)23(30)31-27(10)16-17-28(11,26(8,9)20-27)29(12)18-21(3)24(4,5)19-25(29,6)7/h21-22H,13-20H2,1-12H3. The second-order valence-electron chi connectivity index (χ2n) is 14.1. The summed E-state index contributed by atoms with van der Waals surface area (Å²) in [5.41, 5.74) is 0.859. The summed E-state index contributed by atoms with van der Waals surface area (Å²) in [6.07, 6.45) is 8.45. The van der Waals surface area contributed by atoms with Crippen LogP contribution in [0.5, 0.6) is 0 Å². The van der Waals surface area contributed by atoms with Crippen molar-refractivity contribution in [3.63, 3.8) is 0 Å². The molecular weight excluding hydrogens is 380 g/mol. The van der Waals surface area contributed by atoms with Gasteiger partial charge in [-0.25, -0.2) is 0 Å². The third-order valence-corrected chi connectivity index (χ3v) is 10.9. The van der Waals surface area contributed by atoms with Gasteiger partial charge in [-0.05, 0) is 84.9 Å². The molecule has 2 rings (SSSR count). The number of ether oxygens (including phenoxy) is 1. The molecule has 0 bridgehead atoms. The smallest absolute Gasteiger partial charge is 0.309 e. The second kappa shape index (κ2) is 8.35. The van der Waals surface area contributed by atoms with E-state index in [1.165, 1.54) is 12.8 Å². The van der Waals surface area contributed by atoms with E-state index in [1.54, 1.807) is 0 Å². The molecule has 0 radical (unpaired) electrons. The molecule has 2 aliphatic rings. The first-order valence-electron chi connectivity index (χ1n) is 13.1. The predicted molar refractivity (Wildman–Crippen MR) is 133 cm³/mol. The lowest BCUT2D eigenvalue weighted by Crippen LogP contribution is -2.63. The summed E-state index contributed by atoms with van der Waals surface area (Å²) in [5.74, 6) is 0.797. The van der Waals surface area contributed by atoms with E-state index in [-0.39, 0.29) is 39.1 Å². The largest absolute Gasteiger partial charge is 0.459 e. The quantitative estimate of drug-likeness (QED) is 0.390. The van der Waals surface area contributed by atoms with Gasteiger partial charge in [0.05, 0.1) is 5.92 Å². The summed E-state index contributed by atoms with van der Waals surface area (Å²) < 4.78 is 6.30. The number of rotatable bonds is 6. The van der Waals surface area contributed by atoms with Crippen molar-refractivity contribution in [1.82, 2.24) is 0 Å². The van der Waals surface area contributed by atoms with Crippen molar-refractivity contribution in [1.29, 1.82) is 0 Å². The molecule has 0 aromatic heterocycles. The molecule has 0 amide bonds. The molecule has 5 unspecified atom stereocenters. The minimum atomic E-state index is -0.346. The van der Waals surface area contributed by atoms with Crippen LogP contribution in [0.1, 0.15) is 134 Å². The van der Waals surface area contributed by atoms with Crippen molar-refractivity contribution in [2.45, 2.75) is 140 Å². The molecule has 182 valence electrons. The minimum Gasteiger partial charge on any atom is -0.459 e. The molecule has 0 saturated heterocycles. The van der Waals surface area contributed by atoms with Gasteiger partial charge >= 0.3 is 5.97 Å². The van der Waals surface area contributed by atoms with E-state index in [2.05, 4.69) is 83.1 Å². The fraction of sp³-hybridized carbons (Fsp3) is 0.966. The third kappa shape index (κ3) is 4.48. The topological polar surface area (TPSA) is 26.3 Å². The molecule has 5 atom stereocenters. The number of carbonyl (C=O) groups excluding carboxylic acids is 1. The van der Waals surface area contributed by atoms with Crippen LogP contribution in [0.4, 0.5) is 0 Å². The Bertz CT molecular complexity index is 660. The average Bonchev–Trinajstić information content (AvgIpc) is 2.60. The van der Waals surface area contributed by atoms with Crippen molar-refractivity contribution in [2.24, 2.45) is 38.9 Å². The van der Waals surface area contributed by atoms with Crippen LogP contribution in [0, 0.1) is 38.9 Å². The maximum Gasteiger partial charge on any atom is 0.309 e. The number of hydrogen-bond donors (Lipinski definition) is 0. The molecular formula is C29H54O2. The molecule has 0 aliphatic heterocycles. The van der Waals surface area contributed by atoms with Crippen molar-refractivity contribution in [3.8, 4) is 0 Å². The molecule has 2 aliphatic carbocycles. The van der Waals surface area contributed by atoms with Crippen LogP contribution in [-0.4, -0.2) is 11.6 Å². The molecule has 0 aromatic rings. The molecule has 2 fully saturated rings. The van der Waals surface area contributed by atoms with Gasteiger partial charge in [-0.2, -0.15) is 0 Å². The van der Waals surface area contributed by atoms with Crippen molar-refractivity contribution >= 4 is 5.97 Å². The summed E-state index contributed by atoms with van der Waals surface area (Å²) >= 11 is 0. The Labute approximate surface area is 194 Å². The first-order valence-corrected chi connectivity index (χ1v) is 13.1. The van der Waals surface area contributed by atoms with Gasteiger partial charge < -0.3 is 4.74 Å². The van der Waals surface area contributed by atoms with Gasteiger partial charge in [0.15, 0.2) is 0 Å². The first kappa shape index (κ1) is 26.7. The zero-order valence-corrected chi connectivity index (χ0v) is 23.1. The first-order chi connectivity index (χ1) is 13.9.